The quantitative estimate of drug-likeness (QED) is 0.469. The van der Waals surface area contributed by atoms with Crippen molar-refractivity contribution in [2.45, 2.75) is 58.1 Å². The molecule has 0 bridgehead atoms. The van der Waals surface area contributed by atoms with Crippen molar-refractivity contribution in [1.29, 1.82) is 0 Å². The Morgan fingerprint density at radius 1 is 1.23 bits per heavy atom. The smallest absolute Gasteiger partial charge is 0.340 e. The number of H-pyrrole nitrogens is 1. The van der Waals surface area contributed by atoms with Crippen molar-refractivity contribution in [2.75, 3.05) is 5.73 Å². The third-order valence-electron chi connectivity index (χ3n) is 5.76. The van der Waals surface area contributed by atoms with Crippen LogP contribution < -0.4 is 5.73 Å². The van der Waals surface area contributed by atoms with Gasteiger partial charge in [-0.3, -0.25) is 0 Å². The molecule has 4 aromatic rings. The zero-order valence-corrected chi connectivity index (χ0v) is 18.0. The lowest BCUT2D eigenvalue weighted by atomic mass is 10.0. The van der Waals surface area contributed by atoms with E-state index >= 15 is 0 Å². The number of hydrogen-bond donors (Lipinski definition) is 2. The Balaban J connectivity index is 1.66. The molecule has 1 saturated carbocycles. The number of nitrogens with one attached hydrogen (secondary N) is 1. The zero-order valence-electron chi connectivity index (χ0n) is 18.0. The van der Waals surface area contributed by atoms with Crippen LogP contribution >= 0.6 is 0 Å². The summed E-state index contributed by atoms with van der Waals surface area (Å²) in [5.41, 5.74) is 9.40. The summed E-state index contributed by atoms with van der Waals surface area (Å²) in [4.78, 5) is 24.6. The van der Waals surface area contributed by atoms with Gasteiger partial charge in [0.05, 0.1) is 17.0 Å². The third kappa shape index (κ3) is 3.41. The van der Waals surface area contributed by atoms with Crippen molar-refractivity contribution in [3.05, 3.63) is 36.3 Å². The molecule has 1 fully saturated rings. The van der Waals surface area contributed by atoms with E-state index in [0.29, 0.717) is 17.4 Å². The lowest BCUT2D eigenvalue weighted by molar-refractivity contribution is 0.00719. The number of ether oxygens (including phenoxy) is 1. The minimum absolute atomic E-state index is 0.318. The Labute approximate surface area is 179 Å². The number of hydrogen-bond acceptors (Lipinski definition) is 6. The molecule has 8 nitrogen and oxygen atoms in total. The van der Waals surface area contributed by atoms with E-state index in [4.69, 9.17) is 15.6 Å². The molecule has 8 heteroatoms. The average Bonchev–Trinajstić information content (AvgIpc) is 3.44. The fourth-order valence-electron chi connectivity index (χ4n) is 4.37. The molecule has 5 rings (SSSR count). The van der Waals surface area contributed by atoms with Gasteiger partial charge in [0.25, 0.3) is 0 Å². The first-order chi connectivity index (χ1) is 14.8. The minimum Gasteiger partial charge on any atom is -0.456 e. The van der Waals surface area contributed by atoms with Crippen LogP contribution in [0.3, 0.4) is 0 Å². The van der Waals surface area contributed by atoms with Crippen LogP contribution in [0.15, 0.2) is 30.7 Å². The number of nitrogens with two attached hydrogens (primary N) is 1. The Morgan fingerprint density at radius 3 is 2.74 bits per heavy atom. The molecule has 160 valence electrons. The second-order valence-electron chi connectivity index (χ2n) is 9.15. The average molecular weight is 419 g/mol. The molecular weight excluding hydrogens is 392 g/mol. The third-order valence-corrected chi connectivity index (χ3v) is 5.76. The number of carbonyl (C=O) groups excluding carboxylic acids is 1. The molecule has 0 radical (unpaired) electrons. The molecule has 0 saturated heterocycles. The van der Waals surface area contributed by atoms with Gasteiger partial charge in [-0.05, 0) is 45.7 Å². The number of nitrogen functional groups attached to an aromatic ring is 1. The first-order valence-corrected chi connectivity index (χ1v) is 10.7. The van der Waals surface area contributed by atoms with E-state index in [1.54, 1.807) is 6.20 Å². The highest BCUT2D eigenvalue weighted by Gasteiger charge is 2.25. The molecule has 1 aliphatic carbocycles. The number of esters is 1. The largest absolute Gasteiger partial charge is 0.456 e. The van der Waals surface area contributed by atoms with E-state index in [1.165, 1.54) is 19.2 Å². The summed E-state index contributed by atoms with van der Waals surface area (Å²) < 4.78 is 7.58. The molecule has 1 aromatic carbocycles. The molecule has 3 aromatic heterocycles. The van der Waals surface area contributed by atoms with Crippen molar-refractivity contribution in [3.63, 3.8) is 0 Å². The molecule has 3 N–H and O–H groups in total. The van der Waals surface area contributed by atoms with Crippen LogP contribution in [-0.2, 0) is 4.74 Å². The van der Waals surface area contributed by atoms with Gasteiger partial charge in [0, 0.05) is 22.7 Å². The second kappa shape index (κ2) is 7.08. The van der Waals surface area contributed by atoms with Crippen LogP contribution in [0.4, 0.5) is 5.82 Å². The summed E-state index contributed by atoms with van der Waals surface area (Å²) >= 11 is 0. The Hall–Kier alpha value is -3.42. The maximum Gasteiger partial charge on any atom is 0.340 e. The predicted octanol–water partition coefficient (Wildman–Crippen LogP) is 4.63. The molecular formula is C23H26N6O2. The van der Waals surface area contributed by atoms with Gasteiger partial charge >= 0.3 is 5.97 Å². The van der Waals surface area contributed by atoms with E-state index < -0.39 is 5.60 Å². The summed E-state index contributed by atoms with van der Waals surface area (Å²) in [6.07, 6.45) is 7.73. The van der Waals surface area contributed by atoms with Gasteiger partial charge in [0.15, 0.2) is 5.65 Å². The lowest BCUT2D eigenvalue weighted by Crippen LogP contribution is -2.23. The highest BCUT2D eigenvalue weighted by atomic mass is 16.6. The molecule has 1 aliphatic rings. The van der Waals surface area contributed by atoms with Crippen molar-refractivity contribution in [2.24, 2.45) is 0 Å². The van der Waals surface area contributed by atoms with E-state index in [-0.39, 0.29) is 5.97 Å². The summed E-state index contributed by atoms with van der Waals surface area (Å²) in [6, 6.07) is 6.20. The molecule has 0 spiro atoms. The topological polar surface area (TPSA) is 112 Å². The standard InChI is InChI=1S/C23H26N6O2/c1-23(2,3)31-22(30)16-11-25-17-9-8-13(10-15(16)17)19-18-20(24)26-12-27-21(18)29(28-19)14-6-4-5-7-14/h8-12,14,25H,4-7H2,1-3H3,(H2,24,26,27). The van der Waals surface area contributed by atoms with Crippen molar-refractivity contribution >= 4 is 33.7 Å². The molecule has 0 aliphatic heterocycles. The molecule has 0 atom stereocenters. The highest BCUT2D eigenvalue weighted by molar-refractivity contribution is 6.06. The molecule has 31 heavy (non-hydrogen) atoms. The van der Waals surface area contributed by atoms with E-state index in [9.17, 15) is 4.79 Å². The first-order valence-electron chi connectivity index (χ1n) is 10.7. The molecule has 0 amide bonds. The summed E-state index contributed by atoms with van der Waals surface area (Å²) in [7, 11) is 0. The summed E-state index contributed by atoms with van der Waals surface area (Å²) in [6.45, 7) is 5.57. The van der Waals surface area contributed by atoms with Crippen LogP contribution in [0, 0.1) is 0 Å². The number of rotatable bonds is 3. The van der Waals surface area contributed by atoms with E-state index in [1.807, 2.05) is 43.7 Å². The number of aromatic amines is 1. The fourth-order valence-corrected chi connectivity index (χ4v) is 4.37. The van der Waals surface area contributed by atoms with Gasteiger partial charge in [-0.1, -0.05) is 18.9 Å². The second-order valence-corrected chi connectivity index (χ2v) is 9.15. The number of carbonyl (C=O) groups is 1. The lowest BCUT2D eigenvalue weighted by Gasteiger charge is -2.19. The van der Waals surface area contributed by atoms with Gasteiger partial charge < -0.3 is 15.5 Å². The van der Waals surface area contributed by atoms with Crippen LogP contribution in [0.1, 0.15) is 62.9 Å². The Morgan fingerprint density at radius 2 is 2.00 bits per heavy atom. The predicted molar refractivity (Wildman–Crippen MR) is 120 cm³/mol. The maximum atomic E-state index is 12.7. The van der Waals surface area contributed by atoms with Crippen molar-refractivity contribution < 1.29 is 9.53 Å². The van der Waals surface area contributed by atoms with Gasteiger partial charge in [0.2, 0.25) is 0 Å². The Bertz CT molecular complexity index is 1290. The minimum atomic E-state index is -0.569. The van der Waals surface area contributed by atoms with Gasteiger partial charge in [-0.25, -0.2) is 19.4 Å². The normalized spacial score (nSPS) is 15.2. The van der Waals surface area contributed by atoms with Crippen LogP contribution in [0.5, 0.6) is 0 Å². The molecule has 3 heterocycles. The van der Waals surface area contributed by atoms with E-state index in [2.05, 4.69) is 15.0 Å². The van der Waals surface area contributed by atoms with Crippen LogP contribution in [0.2, 0.25) is 0 Å². The number of fused-ring (bicyclic) bond motifs is 2. The SMILES string of the molecule is CC(C)(C)OC(=O)c1c[nH]c2ccc(-c3nn(C4CCCC4)c4ncnc(N)c34)cc12. The number of benzene rings is 1. The van der Waals surface area contributed by atoms with Gasteiger partial charge in [-0.15, -0.1) is 0 Å². The number of anilines is 1. The van der Waals surface area contributed by atoms with Crippen molar-refractivity contribution in [3.8, 4) is 11.3 Å². The van der Waals surface area contributed by atoms with Crippen molar-refractivity contribution in [1.82, 2.24) is 24.7 Å². The summed E-state index contributed by atoms with van der Waals surface area (Å²) in [5, 5.41) is 6.47. The molecule has 0 unspecified atom stereocenters. The highest BCUT2D eigenvalue weighted by Crippen LogP contribution is 2.37. The number of nitrogens with zero attached hydrogens (tertiary/aromatic N) is 4. The van der Waals surface area contributed by atoms with Gasteiger partial charge in [-0.2, -0.15) is 5.10 Å². The van der Waals surface area contributed by atoms with Crippen LogP contribution in [0.25, 0.3) is 33.2 Å². The fraction of sp³-hybridized carbons (Fsp3) is 0.391. The van der Waals surface area contributed by atoms with Crippen LogP contribution in [-0.4, -0.2) is 36.3 Å². The summed E-state index contributed by atoms with van der Waals surface area (Å²) in [5.74, 6) is 0.0471. The first kappa shape index (κ1) is 19.5. The van der Waals surface area contributed by atoms with Gasteiger partial charge in [0.1, 0.15) is 23.4 Å². The monoisotopic (exact) mass is 418 g/mol. The zero-order chi connectivity index (χ0) is 21.8. The maximum absolute atomic E-state index is 12.7. The number of aromatic nitrogens is 5. The van der Waals surface area contributed by atoms with E-state index in [0.717, 1.165) is 46.0 Å². The Kier molecular flexibility index (Phi) is 4.46.